The van der Waals surface area contributed by atoms with Crippen LogP contribution in [0.15, 0.2) is 4.01 Å². The van der Waals surface area contributed by atoms with Crippen LogP contribution in [0.2, 0.25) is 0 Å². The van der Waals surface area contributed by atoms with Gasteiger partial charge in [-0.1, -0.05) is 151 Å². The van der Waals surface area contributed by atoms with E-state index in [0.29, 0.717) is 17.5 Å². The molecule has 0 bridgehead atoms. The molecule has 1 aliphatic rings. The van der Waals surface area contributed by atoms with Crippen LogP contribution in [0.5, 0.6) is 0 Å². The van der Waals surface area contributed by atoms with Crippen LogP contribution in [-0.4, -0.2) is 49.4 Å². The molecule has 1 N–H and O–H groups in total. The summed E-state index contributed by atoms with van der Waals surface area (Å²) in [5.74, 6) is 1.01. The van der Waals surface area contributed by atoms with Crippen LogP contribution in [0.3, 0.4) is 0 Å². The first-order valence-corrected chi connectivity index (χ1v) is 39.8. The molecule has 6 nitrogen and oxygen atoms in total. The van der Waals surface area contributed by atoms with Crippen molar-refractivity contribution >= 4 is 125 Å². The summed E-state index contributed by atoms with van der Waals surface area (Å²) in [6, 6.07) is 0. The molecule has 6 heterocycles. The van der Waals surface area contributed by atoms with Crippen LogP contribution in [0.4, 0.5) is 0 Å². The standard InChI is InChI=1S/C74H115N4O2S4Se/c1-7-13-19-25-29-31-33-37-43-49-57-59(53-79)81-73-67-71(83-69(57)73)61-63(75)64(76-85)62-66(65(61)77(67)51-55(45-39-23-17-11-5)47-41-35-27-21-15-9-3)78(52-56(46-40-24-18-12-6)48-42-36-28-22-16-10-4)68-72(62)84-70-58(60(54-80)82-74(68)70)50-44-38-34-32-30-26-20-14-8-2/h53-56,75H,7-52H2,1-6H3/b75-63?,76-64-. The maximum atomic E-state index is 13.3. The van der Waals surface area contributed by atoms with Crippen molar-refractivity contribution in [1.82, 2.24) is 9.13 Å². The van der Waals surface area contributed by atoms with Gasteiger partial charge in [0.1, 0.15) is 0 Å². The fourth-order valence-electron chi connectivity index (χ4n) is 14.4. The molecule has 0 aromatic carbocycles. The van der Waals surface area contributed by atoms with E-state index in [2.05, 4.69) is 66.9 Å². The first kappa shape index (κ1) is 70.1. The molecule has 473 valence electrons. The molecule has 1 radical (unpaired) electrons. The van der Waals surface area contributed by atoms with E-state index in [0.717, 1.165) is 65.4 Å². The van der Waals surface area contributed by atoms with Crippen molar-refractivity contribution in [1.29, 1.82) is 5.41 Å². The molecule has 0 saturated carbocycles. The number of carbonyl (C=O) groups excluding carboxylic acids is 2. The van der Waals surface area contributed by atoms with Crippen molar-refractivity contribution in [2.75, 3.05) is 0 Å². The van der Waals surface area contributed by atoms with E-state index >= 15 is 0 Å². The second-order valence-corrected chi connectivity index (χ2v) is 30.7. The number of unbranched alkanes of at least 4 members (excludes halogenated alkanes) is 32. The van der Waals surface area contributed by atoms with Crippen LogP contribution in [0.25, 0.3) is 50.6 Å². The SMILES string of the molecule is CCCCCCCCCCCc1c(C=O)sc2c1sc1c3c(n(CC(CCCCCC)CCCCCCCC)c12)-c1c(c2sc4c(CCCCCCCCCCC)c(C=O)sc4c2n1CC(CCCCCC)CCCCCCCC)/C(=N/[Se])C3=N. The monoisotopic (exact) mass is 1300 g/mol. The van der Waals surface area contributed by atoms with Crippen molar-refractivity contribution < 1.29 is 9.59 Å². The summed E-state index contributed by atoms with van der Waals surface area (Å²) < 4.78 is 18.3. The van der Waals surface area contributed by atoms with Gasteiger partial charge in [-0.05, 0) is 0 Å². The number of rotatable bonds is 50. The van der Waals surface area contributed by atoms with E-state index in [4.69, 9.17) is 4.01 Å². The minimum absolute atomic E-state index is 0.503. The fourth-order valence-corrected chi connectivity index (χ4v) is 20.4. The molecule has 0 aliphatic heterocycles. The van der Waals surface area contributed by atoms with Gasteiger partial charge in [-0.25, -0.2) is 0 Å². The summed E-state index contributed by atoms with van der Waals surface area (Å²) in [5.41, 5.74) is 11.0. The normalized spacial score (nSPS) is 13.9. The maximum absolute atomic E-state index is 13.3. The van der Waals surface area contributed by atoms with E-state index in [1.165, 1.54) is 331 Å². The Bertz CT molecular complexity index is 2960. The van der Waals surface area contributed by atoms with Gasteiger partial charge in [0.15, 0.2) is 0 Å². The fraction of sp³-hybridized carbons (Fsp3) is 0.730. The van der Waals surface area contributed by atoms with Crippen LogP contribution < -0.4 is 0 Å². The number of nitrogens with zero attached hydrogens (tertiary/aromatic N) is 3. The Morgan fingerprint density at radius 1 is 0.388 bits per heavy atom. The van der Waals surface area contributed by atoms with Gasteiger partial charge < -0.3 is 0 Å². The van der Waals surface area contributed by atoms with Gasteiger partial charge in [0.2, 0.25) is 0 Å². The van der Waals surface area contributed by atoms with Gasteiger partial charge >= 0.3 is 395 Å². The molecule has 0 amide bonds. The third-order valence-electron chi connectivity index (χ3n) is 19.3. The van der Waals surface area contributed by atoms with Crippen molar-refractivity contribution in [3.8, 4) is 11.4 Å². The Morgan fingerprint density at radius 3 is 1.01 bits per heavy atom. The molecule has 2 atom stereocenters. The molecule has 6 aromatic rings. The van der Waals surface area contributed by atoms with Gasteiger partial charge in [0.05, 0.1) is 0 Å². The molecule has 11 heteroatoms. The predicted molar refractivity (Wildman–Crippen MR) is 382 cm³/mol. The molecule has 85 heavy (non-hydrogen) atoms. The number of carbonyl (C=O) groups is 2. The van der Waals surface area contributed by atoms with Gasteiger partial charge in [-0.15, -0.1) is 0 Å². The molecule has 1 aliphatic carbocycles. The average molecular weight is 1300 g/mol. The number of aldehydes is 2. The Labute approximate surface area is 541 Å². The van der Waals surface area contributed by atoms with Crippen molar-refractivity contribution in [3.05, 3.63) is 32.0 Å². The first-order chi connectivity index (χ1) is 41.8. The van der Waals surface area contributed by atoms with Gasteiger partial charge in [-0.2, -0.15) is 0 Å². The van der Waals surface area contributed by atoms with Gasteiger partial charge in [-0.3, -0.25) is 0 Å². The van der Waals surface area contributed by atoms with Crippen LogP contribution in [0.1, 0.15) is 353 Å². The number of aryl methyl sites for hydroxylation is 2. The second-order valence-electron chi connectivity index (χ2n) is 26.2. The summed E-state index contributed by atoms with van der Waals surface area (Å²) in [4.78, 5) is 28.5. The molecule has 2 unspecified atom stereocenters. The summed E-state index contributed by atoms with van der Waals surface area (Å²) >= 11 is 10.4. The third-order valence-corrected chi connectivity index (χ3v) is 24.8. The van der Waals surface area contributed by atoms with Gasteiger partial charge in [0, 0.05) is 0 Å². The van der Waals surface area contributed by atoms with E-state index in [1.807, 2.05) is 22.7 Å². The van der Waals surface area contributed by atoms with Crippen LogP contribution in [-0.2, 0) is 25.9 Å². The zero-order valence-corrected chi connectivity index (χ0v) is 59.5. The Hall–Kier alpha value is -2.40. The van der Waals surface area contributed by atoms with E-state index in [1.54, 1.807) is 22.7 Å². The Balaban J connectivity index is 1.42. The van der Waals surface area contributed by atoms with E-state index in [-0.39, 0.29) is 0 Å². The molecular formula is C74H115N4O2S4Se. The zero-order valence-electron chi connectivity index (χ0n) is 54.5. The van der Waals surface area contributed by atoms with E-state index in [9.17, 15) is 15.0 Å². The average Bonchev–Trinajstić information content (AvgIpc) is 1.54. The second kappa shape index (κ2) is 39.0. The van der Waals surface area contributed by atoms with Crippen molar-refractivity contribution in [3.63, 3.8) is 0 Å². The van der Waals surface area contributed by atoms with E-state index < -0.39 is 0 Å². The Kier molecular flexibility index (Phi) is 32.1. The summed E-state index contributed by atoms with van der Waals surface area (Å²) in [6.07, 6.45) is 57.9. The van der Waals surface area contributed by atoms with Crippen LogP contribution >= 0.6 is 45.3 Å². The molecule has 0 spiro atoms. The summed E-state index contributed by atoms with van der Waals surface area (Å²) in [5, 5.41) is 10.6. The zero-order chi connectivity index (χ0) is 60.2. The Morgan fingerprint density at radius 2 is 0.682 bits per heavy atom. The summed E-state index contributed by atoms with van der Waals surface area (Å²) in [6.45, 7) is 15.8. The van der Waals surface area contributed by atoms with Crippen molar-refractivity contribution in [2.45, 2.75) is 337 Å². The van der Waals surface area contributed by atoms with Crippen molar-refractivity contribution in [2.24, 2.45) is 15.8 Å². The predicted octanol–water partition coefficient (Wildman–Crippen LogP) is 25.5. The molecule has 7 rings (SSSR count). The molecule has 6 aromatic heterocycles. The number of aromatic nitrogens is 2. The number of thiophene rings is 4. The quantitative estimate of drug-likeness (QED) is 0.0235. The third kappa shape index (κ3) is 18.9. The van der Waals surface area contributed by atoms with Gasteiger partial charge in [0.25, 0.3) is 0 Å². The minimum atomic E-state index is 0.503. The first-order valence-electron chi connectivity index (χ1n) is 35.8. The molecular weight excluding hydrogens is 1180 g/mol. The van der Waals surface area contributed by atoms with Crippen LogP contribution in [0, 0.1) is 17.2 Å². The topological polar surface area (TPSA) is 80.2 Å². The number of hydrogen-bond acceptors (Lipinski definition) is 8. The summed E-state index contributed by atoms with van der Waals surface area (Å²) in [7, 11) is 0. The number of hydrogen-bond donors (Lipinski definition) is 1. The number of fused-ring (bicyclic) bond motifs is 11. The molecule has 0 fully saturated rings. The number of nitrogens with one attached hydrogen (secondary N) is 1. The molecule has 0 saturated heterocycles.